The Morgan fingerprint density at radius 2 is 2.35 bits per heavy atom. The quantitative estimate of drug-likeness (QED) is 0.800. The summed E-state index contributed by atoms with van der Waals surface area (Å²) in [6.07, 6.45) is -0.532. The van der Waals surface area contributed by atoms with Crippen LogP contribution in [-0.2, 0) is 0 Å². The van der Waals surface area contributed by atoms with Crippen molar-refractivity contribution >= 4 is 35.2 Å². The van der Waals surface area contributed by atoms with Gasteiger partial charge in [-0.3, -0.25) is 0 Å². The summed E-state index contributed by atoms with van der Waals surface area (Å²) in [5.41, 5.74) is 1.49. The van der Waals surface area contributed by atoms with Crippen LogP contribution < -0.4 is 10.6 Å². The first kappa shape index (κ1) is 15.5. The molecule has 0 saturated carbocycles. The first-order chi connectivity index (χ1) is 9.65. The maximum atomic E-state index is 11.8. The number of thioether (sulfide) groups is 2. The van der Waals surface area contributed by atoms with E-state index in [4.69, 9.17) is 0 Å². The molecule has 1 aliphatic rings. The standard InChI is InChI=1S/C14H20N2O2S2/c1-10(17)11-3-2-4-12(7-11)16-14(18)15-8-13-9-19-5-6-20-13/h2-4,7,10,13,17H,5-6,8-9H2,1H3,(H2,15,16,18). The van der Waals surface area contributed by atoms with E-state index in [-0.39, 0.29) is 6.03 Å². The Morgan fingerprint density at radius 3 is 3.05 bits per heavy atom. The zero-order valence-corrected chi connectivity index (χ0v) is 13.1. The first-order valence-electron chi connectivity index (χ1n) is 6.67. The minimum atomic E-state index is -0.532. The zero-order chi connectivity index (χ0) is 14.4. The van der Waals surface area contributed by atoms with E-state index in [1.165, 1.54) is 5.75 Å². The third kappa shape index (κ3) is 4.92. The van der Waals surface area contributed by atoms with Crippen molar-refractivity contribution in [3.05, 3.63) is 29.8 Å². The molecular weight excluding hydrogens is 292 g/mol. The average molecular weight is 312 g/mol. The van der Waals surface area contributed by atoms with Gasteiger partial charge in [0.1, 0.15) is 0 Å². The number of urea groups is 1. The third-order valence-electron chi connectivity index (χ3n) is 3.00. The summed E-state index contributed by atoms with van der Waals surface area (Å²) in [5.74, 6) is 3.47. The second kappa shape index (κ2) is 7.81. The van der Waals surface area contributed by atoms with Crippen LogP contribution in [0.2, 0.25) is 0 Å². The highest BCUT2D eigenvalue weighted by Crippen LogP contribution is 2.23. The van der Waals surface area contributed by atoms with Crippen LogP contribution in [0.1, 0.15) is 18.6 Å². The molecule has 0 aliphatic carbocycles. The normalized spacial score (nSPS) is 20.2. The van der Waals surface area contributed by atoms with Gasteiger partial charge in [-0.1, -0.05) is 12.1 Å². The molecule has 2 atom stereocenters. The zero-order valence-electron chi connectivity index (χ0n) is 11.5. The molecule has 2 rings (SSSR count). The molecule has 1 aromatic rings. The number of carbonyl (C=O) groups is 1. The highest BCUT2D eigenvalue weighted by atomic mass is 32.2. The van der Waals surface area contributed by atoms with Crippen LogP contribution in [0.15, 0.2) is 24.3 Å². The maximum Gasteiger partial charge on any atom is 0.319 e. The Morgan fingerprint density at radius 1 is 1.50 bits per heavy atom. The second-order valence-corrected chi connectivity index (χ2v) is 7.26. The van der Waals surface area contributed by atoms with Crippen molar-refractivity contribution in [1.29, 1.82) is 0 Å². The molecule has 2 unspecified atom stereocenters. The van der Waals surface area contributed by atoms with Crippen LogP contribution in [0.25, 0.3) is 0 Å². The number of nitrogens with one attached hydrogen (secondary N) is 2. The number of rotatable bonds is 4. The van der Waals surface area contributed by atoms with Gasteiger partial charge in [-0.25, -0.2) is 4.79 Å². The van der Waals surface area contributed by atoms with Crippen molar-refractivity contribution in [2.75, 3.05) is 29.1 Å². The molecule has 1 aliphatic heterocycles. The molecule has 3 N–H and O–H groups in total. The summed E-state index contributed by atoms with van der Waals surface area (Å²) < 4.78 is 0. The highest BCUT2D eigenvalue weighted by Gasteiger charge is 2.15. The van der Waals surface area contributed by atoms with Crippen LogP contribution in [0, 0.1) is 0 Å². The van der Waals surface area contributed by atoms with Gasteiger partial charge in [-0.15, -0.1) is 0 Å². The average Bonchev–Trinajstić information content (AvgIpc) is 2.46. The molecule has 1 saturated heterocycles. The molecule has 1 heterocycles. The number of anilines is 1. The van der Waals surface area contributed by atoms with Crippen molar-refractivity contribution in [2.24, 2.45) is 0 Å². The molecule has 0 spiro atoms. The van der Waals surface area contributed by atoms with Crippen LogP contribution in [-0.4, -0.2) is 40.2 Å². The molecule has 1 fully saturated rings. The van der Waals surface area contributed by atoms with E-state index >= 15 is 0 Å². The smallest absolute Gasteiger partial charge is 0.319 e. The Kier molecular flexibility index (Phi) is 6.06. The topological polar surface area (TPSA) is 61.4 Å². The van der Waals surface area contributed by atoms with E-state index < -0.39 is 6.10 Å². The lowest BCUT2D eigenvalue weighted by molar-refractivity contribution is 0.199. The van der Waals surface area contributed by atoms with E-state index in [1.807, 2.05) is 41.7 Å². The summed E-state index contributed by atoms with van der Waals surface area (Å²) in [4.78, 5) is 11.8. The first-order valence-corrected chi connectivity index (χ1v) is 8.87. The molecule has 0 radical (unpaired) electrons. The number of benzene rings is 1. The minimum Gasteiger partial charge on any atom is -0.389 e. The van der Waals surface area contributed by atoms with Crippen molar-refractivity contribution in [3.8, 4) is 0 Å². The van der Waals surface area contributed by atoms with Gasteiger partial charge in [0.15, 0.2) is 0 Å². The minimum absolute atomic E-state index is 0.191. The lowest BCUT2D eigenvalue weighted by atomic mass is 10.1. The SMILES string of the molecule is CC(O)c1cccc(NC(=O)NCC2CSCCS2)c1. The molecule has 0 bridgehead atoms. The Labute approximate surface area is 128 Å². The van der Waals surface area contributed by atoms with Crippen molar-refractivity contribution in [3.63, 3.8) is 0 Å². The summed E-state index contributed by atoms with van der Waals surface area (Å²) in [6.45, 7) is 2.40. The Hall–Kier alpha value is -0.850. The number of hydrogen-bond donors (Lipinski definition) is 3. The van der Waals surface area contributed by atoms with Crippen molar-refractivity contribution < 1.29 is 9.90 Å². The fourth-order valence-corrected chi connectivity index (χ4v) is 4.52. The largest absolute Gasteiger partial charge is 0.389 e. The van der Waals surface area contributed by atoms with Gasteiger partial charge in [0.05, 0.1) is 6.10 Å². The van der Waals surface area contributed by atoms with E-state index in [0.717, 1.165) is 17.1 Å². The molecule has 4 nitrogen and oxygen atoms in total. The molecule has 20 heavy (non-hydrogen) atoms. The van der Waals surface area contributed by atoms with E-state index in [0.29, 0.717) is 17.5 Å². The lowest BCUT2D eigenvalue weighted by Gasteiger charge is -2.21. The Bertz CT molecular complexity index is 449. The number of aliphatic hydroxyl groups excluding tert-OH is 1. The fourth-order valence-electron chi connectivity index (χ4n) is 1.91. The molecule has 110 valence electrons. The monoisotopic (exact) mass is 312 g/mol. The van der Waals surface area contributed by atoms with Crippen LogP contribution in [0.4, 0.5) is 10.5 Å². The van der Waals surface area contributed by atoms with E-state index in [9.17, 15) is 9.90 Å². The molecule has 2 amide bonds. The van der Waals surface area contributed by atoms with E-state index in [2.05, 4.69) is 10.6 Å². The third-order valence-corrected chi connectivity index (χ3v) is 5.85. The fraction of sp³-hybridized carbons (Fsp3) is 0.500. The van der Waals surface area contributed by atoms with E-state index in [1.54, 1.807) is 13.0 Å². The highest BCUT2D eigenvalue weighted by molar-refractivity contribution is 8.06. The summed E-state index contributed by atoms with van der Waals surface area (Å²) in [7, 11) is 0. The predicted molar refractivity (Wildman–Crippen MR) is 87.7 cm³/mol. The maximum absolute atomic E-state index is 11.8. The number of amides is 2. The predicted octanol–water partition coefficient (Wildman–Crippen LogP) is 2.71. The number of aliphatic hydroxyl groups is 1. The van der Waals surface area contributed by atoms with Crippen LogP contribution >= 0.6 is 23.5 Å². The summed E-state index contributed by atoms with van der Waals surface area (Å²) in [6, 6.07) is 7.07. The van der Waals surface area contributed by atoms with Crippen molar-refractivity contribution in [2.45, 2.75) is 18.3 Å². The molecule has 0 aromatic heterocycles. The van der Waals surface area contributed by atoms with Gasteiger partial charge in [-0.2, -0.15) is 23.5 Å². The van der Waals surface area contributed by atoms with Gasteiger partial charge < -0.3 is 15.7 Å². The van der Waals surface area contributed by atoms with Crippen LogP contribution in [0.3, 0.4) is 0 Å². The van der Waals surface area contributed by atoms with Gasteiger partial charge in [0.25, 0.3) is 0 Å². The second-order valence-electron chi connectivity index (χ2n) is 4.70. The number of carbonyl (C=O) groups excluding carboxylic acids is 1. The van der Waals surface area contributed by atoms with Crippen molar-refractivity contribution in [1.82, 2.24) is 5.32 Å². The Balaban J connectivity index is 1.80. The number of hydrogen-bond acceptors (Lipinski definition) is 4. The molecule has 1 aromatic carbocycles. The van der Waals surface area contributed by atoms with Crippen LogP contribution in [0.5, 0.6) is 0 Å². The van der Waals surface area contributed by atoms with Gasteiger partial charge >= 0.3 is 6.03 Å². The van der Waals surface area contributed by atoms with Gasteiger partial charge in [-0.05, 0) is 24.6 Å². The summed E-state index contributed by atoms with van der Waals surface area (Å²) >= 11 is 3.86. The summed E-state index contributed by atoms with van der Waals surface area (Å²) in [5, 5.41) is 15.7. The molecule has 6 heteroatoms. The lowest BCUT2D eigenvalue weighted by Crippen LogP contribution is -2.36. The molecular formula is C14H20N2O2S2. The van der Waals surface area contributed by atoms with Gasteiger partial charge in [0, 0.05) is 34.7 Å². The van der Waals surface area contributed by atoms with Gasteiger partial charge in [0.2, 0.25) is 0 Å².